The van der Waals surface area contributed by atoms with E-state index < -0.39 is 0 Å². The Kier molecular flexibility index (Phi) is 21.1. The second-order valence-corrected chi connectivity index (χ2v) is 10.5. The van der Waals surface area contributed by atoms with E-state index in [-0.39, 0.29) is 11.8 Å². The molecule has 0 heterocycles. The van der Waals surface area contributed by atoms with Crippen LogP contribution in [0.15, 0.2) is 24.3 Å². The Hall–Kier alpha value is -1.84. The molecule has 0 aliphatic carbocycles. The van der Waals surface area contributed by atoms with E-state index in [0.717, 1.165) is 25.7 Å². The molecule has 0 fully saturated rings. The summed E-state index contributed by atoms with van der Waals surface area (Å²) in [5.74, 6) is 0.0666. The smallest absolute Gasteiger partial charge is 0.224 e. The number of unbranched alkanes of at least 4 members (excludes halogenated alkanes) is 18. The van der Waals surface area contributed by atoms with Crippen molar-refractivity contribution in [3.8, 4) is 0 Å². The molecule has 36 heavy (non-hydrogen) atoms. The number of hydrogen-bond donors (Lipinski definition) is 2. The highest BCUT2D eigenvalue weighted by Crippen LogP contribution is 2.22. The lowest BCUT2D eigenvalue weighted by molar-refractivity contribution is -0.117. The number of rotatable bonds is 24. The van der Waals surface area contributed by atoms with Gasteiger partial charge in [0, 0.05) is 12.8 Å². The van der Waals surface area contributed by atoms with Crippen LogP contribution in [0.5, 0.6) is 0 Å². The molecule has 1 aromatic carbocycles. The molecule has 1 aromatic rings. The SMILES string of the molecule is CCCCCCCCCCCCC(=O)Nc1ccccc1NC(=O)CCCCCCCCCCCC. The summed E-state index contributed by atoms with van der Waals surface area (Å²) < 4.78 is 0. The molecule has 0 aliphatic rings. The van der Waals surface area contributed by atoms with Crippen molar-refractivity contribution >= 4 is 23.2 Å². The van der Waals surface area contributed by atoms with Crippen LogP contribution in [0.4, 0.5) is 11.4 Å². The fourth-order valence-electron chi connectivity index (χ4n) is 4.67. The molecular weight excluding hydrogens is 444 g/mol. The lowest BCUT2D eigenvalue weighted by atomic mass is 10.1. The zero-order chi connectivity index (χ0) is 26.1. The summed E-state index contributed by atoms with van der Waals surface area (Å²) in [4.78, 5) is 24.9. The van der Waals surface area contributed by atoms with Crippen molar-refractivity contribution in [2.45, 2.75) is 155 Å². The standard InChI is InChI=1S/C32H56N2O2/c1-3-5-7-9-11-13-15-17-19-21-27-31(35)33-29-25-23-24-26-30(29)34-32(36)28-22-20-18-16-14-12-10-8-6-4-2/h23-26H,3-22,27-28H2,1-2H3,(H,33,35)(H,34,36). The largest absolute Gasteiger partial charge is 0.324 e. The number of carbonyl (C=O) groups is 2. The van der Waals surface area contributed by atoms with E-state index in [4.69, 9.17) is 0 Å². The Morgan fingerprint density at radius 1 is 0.472 bits per heavy atom. The molecular formula is C32H56N2O2. The maximum Gasteiger partial charge on any atom is 0.224 e. The molecule has 4 heteroatoms. The zero-order valence-electron chi connectivity index (χ0n) is 23.7. The van der Waals surface area contributed by atoms with Crippen LogP contribution in [0.3, 0.4) is 0 Å². The normalized spacial score (nSPS) is 10.9. The number of nitrogens with one attached hydrogen (secondary N) is 2. The topological polar surface area (TPSA) is 58.2 Å². The second kappa shape index (κ2) is 23.6. The molecule has 0 unspecified atom stereocenters. The highest BCUT2D eigenvalue weighted by atomic mass is 16.2. The van der Waals surface area contributed by atoms with Crippen molar-refractivity contribution in [1.82, 2.24) is 0 Å². The van der Waals surface area contributed by atoms with Gasteiger partial charge in [-0.25, -0.2) is 0 Å². The first kappa shape index (κ1) is 32.2. The lowest BCUT2D eigenvalue weighted by Crippen LogP contribution is -2.16. The van der Waals surface area contributed by atoms with Crippen LogP contribution in [0.2, 0.25) is 0 Å². The molecule has 4 nitrogen and oxygen atoms in total. The van der Waals surface area contributed by atoms with Crippen molar-refractivity contribution in [2.75, 3.05) is 10.6 Å². The van der Waals surface area contributed by atoms with Gasteiger partial charge in [0.1, 0.15) is 0 Å². The minimum atomic E-state index is 0.0333. The molecule has 0 saturated carbocycles. The van der Waals surface area contributed by atoms with E-state index >= 15 is 0 Å². The van der Waals surface area contributed by atoms with E-state index in [9.17, 15) is 9.59 Å². The van der Waals surface area contributed by atoms with Gasteiger partial charge in [0.2, 0.25) is 11.8 Å². The molecule has 0 bridgehead atoms. The Morgan fingerprint density at radius 2 is 0.750 bits per heavy atom. The van der Waals surface area contributed by atoms with Crippen LogP contribution in [0.25, 0.3) is 0 Å². The molecule has 0 saturated heterocycles. The van der Waals surface area contributed by atoms with Crippen molar-refractivity contribution in [1.29, 1.82) is 0 Å². The average Bonchev–Trinajstić information content (AvgIpc) is 2.87. The highest BCUT2D eigenvalue weighted by Gasteiger charge is 2.09. The first-order chi connectivity index (χ1) is 17.7. The van der Waals surface area contributed by atoms with Crippen molar-refractivity contribution in [3.63, 3.8) is 0 Å². The molecule has 0 aliphatic heterocycles. The Morgan fingerprint density at radius 3 is 1.06 bits per heavy atom. The van der Waals surface area contributed by atoms with E-state index in [1.54, 1.807) is 0 Å². The molecule has 0 aromatic heterocycles. The predicted octanol–water partition coefficient (Wildman–Crippen LogP) is 10.2. The minimum Gasteiger partial charge on any atom is -0.324 e. The Balaban J connectivity index is 2.14. The number of benzene rings is 1. The predicted molar refractivity (Wildman–Crippen MR) is 157 cm³/mol. The third-order valence-corrected chi connectivity index (χ3v) is 6.99. The van der Waals surface area contributed by atoms with E-state index in [0.29, 0.717) is 24.2 Å². The summed E-state index contributed by atoms with van der Waals surface area (Å²) in [5.41, 5.74) is 1.40. The van der Waals surface area contributed by atoms with Crippen LogP contribution in [-0.4, -0.2) is 11.8 Å². The third kappa shape index (κ3) is 18.4. The first-order valence-electron chi connectivity index (χ1n) is 15.4. The van der Waals surface area contributed by atoms with Gasteiger partial charge in [-0.2, -0.15) is 0 Å². The monoisotopic (exact) mass is 500 g/mol. The van der Waals surface area contributed by atoms with Crippen molar-refractivity contribution in [3.05, 3.63) is 24.3 Å². The third-order valence-electron chi connectivity index (χ3n) is 6.99. The van der Waals surface area contributed by atoms with Gasteiger partial charge < -0.3 is 10.6 Å². The average molecular weight is 501 g/mol. The summed E-state index contributed by atoms with van der Waals surface area (Å²) in [6, 6.07) is 7.53. The van der Waals surface area contributed by atoms with Gasteiger partial charge in [-0.15, -0.1) is 0 Å². The van der Waals surface area contributed by atoms with Crippen molar-refractivity contribution < 1.29 is 9.59 Å². The summed E-state index contributed by atoms with van der Waals surface area (Å²) in [7, 11) is 0. The molecule has 0 radical (unpaired) electrons. The van der Waals surface area contributed by atoms with Crippen molar-refractivity contribution in [2.24, 2.45) is 0 Å². The fraction of sp³-hybridized carbons (Fsp3) is 0.750. The molecule has 2 amide bonds. The van der Waals surface area contributed by atoms with Gasteiger partial charge in [0.15, 0.2) is 0 Å². The number of carbonyl (C=O) groups excluding carboxylic acids is 2. The maximum atomic E-state index is 12.4. The van der Waals surface area contributed by atoms with Crippen LogP contribution >= 0.6 is 0 Å². The van der Waals surface area contributed by atoms with E-state index in [2.05, 4.69) is 24.5 Å². The first-order valence-corrected chi connectivity index (χ1v) is 15.4. The maximum absolute atomic E-state index is 12.4. The lowest BCUT2D eigenvalue weighted by Gasteiger charge is -2.12. The van der Waals surface area contributed by atoms with Crippen LogP contribution in [-0.2, 0) is 9.59 Å². The van der Waals surface area contributed by atoms with Gasteiger partial charge in [0.25, 0.3) is 0 Å². The summed E-state index contributed by atoms with van der Waals surface area (Å²) >= 11 is 0. The zero-order valence-corrected chi connectivity index (χ0v) is 23.7. The number of para-hydroxylation sites is 2. The Labute approximate surface area is 222 Å². The number of anilines is 2. The summed E-state index contributed by atoms with van der Waals surface area (Å²) in [5, 5.41) is 6.00. The summed E-state index contributed by atoms with van der Waals surface area (Å²) in [6.45, 7) is 4.51. The molecule has 206 valence electrons. The quantitative estimate of drug-likeness (QED) is 0.139. The summed E-state index contributed by atoms with van der Waals surface area (Å²) in [6.07, 6.45) is 26.3. The van der Waals surface area contributed by atoms with E-state index in [1.165, 1.54) is 103 Å². The Bertz CT molecular complexity index is 617. The van der Waals surface area contributed by atoms with E-state index in [1.807, 2.05) is 24.3 Å². The minimum absolute atomic E-state index is 0.0333. The van der Waals surface area contributed by atoms with Crippen LogP contribution < -0.4 is 10.6 Å². The molecule has 0 spiro atoms. The van der Waals surface area contributed by atoms with Crippen LogP contribution in [0.1, 0.15) is 155 Å². The van der Waals surface area contributed by atoms with Gasteiger partial charge in [-0.1, -0.05) is 142 Å². The molecule has 0 atom stereocenters. The van der Waals surface area contributed by atoms with Gasteiger partial charge in [0.05, 0.1) is 11.4 Å². The highest BCUT2D eigenvalue weighted by molar-refractivity contribution is 5.99. The van der Waals surface area contributed by atoms with Crippen LogP contribution in [0, 0.1) is 0 Å². The van der Waals surface area contributed by atoms with Gasteiger partial charge in [-0.3, -0.25) is 9.59 Å². The number of hydrogen-bond acceptors (Lipinski definition) is 2. The van der Waals surface area contributed by atoms with Gasteiger partial charge >= 0.3 is 0 Å². The number of amides is 2. The fourth-order valence-corrected chi connectivity index (χ4v) is 4.67. The van der Waals surface area contributed by atoms with Gasteiger partial charge in [-0.05, 0) is 25.0 Å². The molecule has 2 N–H and O–H groups in total. The second-order valence-electron chi connectivity index (χ2n) is 10.5. The molecule has 1 rings (SSSR count).